The summed E-state index contributed by atoms with van der Waals surface area (Å²) in [6, 6.07) is 0.0975. The first kappa shape index (κ1) is 9.97. The van der Waals surface area contributed by atoms with Gasteiger partial charge in [0.1, 0.15) is 0 Å². The fourth-order valence-electron chi connectivity index (χ4n) is 2.53. The molecule has 1 unspecified atom stereocenters. The summed E-state index contributed by atoms with van der Waals surface area (Å²) >= 11 is 0. The SMILES string of the molecule is CCC1(NC2CCN(C)C2=O)CCC1. The molecule has 14 heavy (non-hydrogen) atoms. The molecule has 0 aromatic carbocycles. The van der Waals surface area contributed by atoms with Crippen LogP contribution in [0.25, 0.3) is 0 Å². The molecular formula is C11H20N2O. The van der Waals surface area contributed by atoms with Gasteiger partial charge in [0.2, 0.25) is 5.91 Å². The molecule has 1 saturated carbocycles. The van der Waals surface area contributed by atoms with Crippen molar-refractivity contribution in [2.45, 2.75) is 50.6 Å². The Kier molecular flexibility index (Phi) is 2.52. The average molecular weight is 196 g/mol. The summed E-state index contributed by atoms with van der Waals surface area (Å²) in [6.45, 7) is 3.13. The number of nitrogens with zero attached hydrogens (tertiary/aromatic N) is 1. The Balaban J connectivity index is 1.94. The number of nitrogens with one attached hydrogen (secondary N) is 1. The van der Waals surface area contributed by atoms with E-state index >= 15 is 0 Å². The predicted molar refractivity (Wildman–Crippen MR) is 56.1 cm³/mol. The van der Waals surface area contributed by atoms with Crippen LogP contribution in [-0.2, 0) is 4.79 Å². The van der Waals surface area contributed by atoms with Crippen LogP contribution < -0.4 is 5.32 Å². The lowest BCUT2D eigenvalue weighted by atomic mass is 9.74. The lowest BCUT2D eigenvalue weighted by Crippen LogP contribution is -2.56. The van der Waals surface area contributed by atoms with Crippen LogP contribution in [0.4, 0.5) is 0 Å². The quantitative estimate of drug-likeness (QED) is 0.734. The van der Waals surface area contributed by atoms with E-state index in [1.807, 2.05) is 11.9 Å². The number of rotatable bonds is 3. The fourth-order valence-corrected chi connectivity index (χ4v) is 2.53. The largest absolute Gasteiger partial charge is 0.344 e. The van der Waals surface area contributed by atoms with E-state index in [1.165, 1.54) is 19.3 Å². The summed E-state index contributed by atoms with van der Waals surface area (Å²) in [4.78, 5) is 13.5. The van der Waals surface area contributed by atoms with Gasteiger partial charge in [-0.15, -0.1) is 0 Å². The maximum Gasteiger partial charge on any atom is 0.239 e. The molecule has 0 aromatic rings. The zero-order chi connectivity index (χ0) is 10.2. The van der Waals surface area contributed by atoms with Gasteiger partial charge < -0.3 is 10.2 Å². The number of likely N-dealkylation sites (N-methyl/N-ethyl adjacent to an activating group) is 1. The molecule has 1 saturated heterocycles. The van der Waals surface area contributed by atoms with Gasteiger partial charge in [-0.25, -0.2) is 0 Å². The Morgan fingerprint density at radius 1 is 1.57 bits per heavy atom. The molecule has 3 heteroatoms. The lowest BCUT2D eigenvalue weighted by Gasteiger charge is -2.43. The topological polar surface area (TPSA) is 32.3 Å². The van der Waals surface area contributed by atoms with Gasteiger partial charge in [-0.1, -0.05) is 6.92 Å². The second kappa shape index (κ2) is 3.54. The smallest absolute Gasteiger partial charge is 0.239 e. The molecule has 0 aromatic heterocycles. The molecule has 0 spiro atoms. The first-order valence-electron chi connectivity index (χ1n) is 5.69. The van der Waals surface area contributed by atoms with Crippen molar-refractivity contribution in [2.75, 3.05) is 13.6 Å². The second-order valence-electron chi connectivity index (χ2n) is 4.73. The van der Waals surface area contributed by atoms with Gasteiger partial charge in [-0.05, 0) is 32.1 Å². The summed E-state index contributed by atoms with van der Waals surface area (Å²) in [7, 11) is 1.89. The van der Waals surface area contributed by atoms with E-state index in [0.717, 1.165) is 19.4 Å². The van der Waals surface area contributed by atoms with Crippen molar-refractivity contribution in [1.82, 2.24) is 10.2 Å². The Morgan fingerprint density at radius 2 is 2.29 bits per heavy atom. The molecule has 0 bridgehead atoms. The number of hydrogen-bond acceptors (Lipinski definition) is 2. The number of carbonyl (C=O) groups excluding carboxylic acids is 1. The maximum absolute atomic E-state index is 11.7. The van der Waals surface area contributed by atoms with Gasteiger partial charge in [-0.2, -0.15) is 0 Å². The summed E-state index contributed by atoms with van der Waals surface area (Å²) in [6.07, 6.45) is 5.95. The number of amides is 1. The molecule has 2 aliphatic rings. The van der Waals surface area contributed by atoms with Gasteiger partial charge in [0.05, 0.1) is 6.04 Å². The Hall–Kier alpha value is -0.570. The molecule has 1 heterocycles. The third kappa shape index (κ3) is 1.54. The third-order valence-electron chi connectivity index (χ3n) is 3.90. The zero-order valence-electron chi connectivity index (χ0n) is 9.18. The highest BCUT2D eigenvalue weighted by Crippen LogP contribution is 2.35. The third-order valence-corrected chi connectivity index (χ3v) is 3.90. The summed E-state index contributed by atoms with van der Waals surface area (Å²) in [5.41, 5.74) is 0.297. The molecule has 1 aliphatic heterocycles. The molecule has 3 nitrogen and oxygen atoms in total. The lowest BCUT2D eigenvalue weighted by molar-refractivity contribution is -0.129. The van der Waals surface area contributed by atoms with E-state index in [-0.39, 0.29) is 11.9 Å². The van der Waals surface area contributed by atoms with Crippen LogP contribution in [0.15, 0.2) is 0 Å². The fraction of sp³-hybridized carbons (Fsp3) is 0.909. The highest BCUT2D eigenvalue weighted by Gasteiger charge is 2.40. The van der Waals surface area contributed by atoms with E-state index < -0.39 is 0 Å². The van der Waals surface area contributed by atoms with Crippen LogP contribution in [0.5, 0.6) is 0 Å². The van der Waals surface area contributed by atoms with Crippen LogP contribution in [-0.4, -0.2) is 36.0 Å². The molecule has 1 amide bonds. The van der Waals surface area contributed by atoms with Gasteiger partial charge in [-0.3, -0.25) is 4.79 Å². The first-order valence-corrected chi connectivity index (χ1v) is 5.69. The van der Waals surface area contributed by atoms with Crippen molar-refractivity contribution < 1.29 is 4.79 Å². The van der Waals surface area contributed by atoms with E-state index in [9.17, 15) is 4.79 Å². The number of carbonyl (C=O) groups is 1. The van der Waals surface area contributed by atoms with E-state index in [1.54, 1.807) is 0 Å². The van der Waals surface area contributed by atoms with Crippen LogP contribution in [0.1, 0.15) is 39.0 Å². The molecule has 2 fully saturated rings. The molecule has 80 valence electrons. The Bertz CT molecular complexity index is 230. The Labute approximate surface area is 85.8 Å². The molecule has 1 atom stereocenters. The van der Waals surface area contributed by atoms with Crippen molar-refractivity contribution in [3.05, 3.63) is 0 Å². The monoisotopic (exact) mass is 196 g/mol. The molecule has 0 radical (unpaired) electrons. The number of likely N-dealkylation sites (tertiary alicyclic amines) is 1. The van der Waals surface area contributed by atoms with Crippen LogP contribution in [0.2, 0.25) is 0 Å². The van der Waals surface area contributed by atoms with Crippen molar-refractivity contribution >= 4 is 5.91 Å². The molecule has 1 N–H and O–H groups in total. The second-order valence-corrected chi connectivity index (χ2v) is 4.73. The minimum absolute atomic E-state index is 0.0975. The normalized spacial score (nSPS) is 30.6. The highest BCUT2D eigenvalue weighted by molar-refractivity contribution is 5.83. The van der Waals surface area contributed by atoms with Crippen LogP contribution in [0, 0.1) is 0 Å². The van der Waals surface area contributed by atoms with Crippen molar-refractivity contribution in [3.8, 4) is 0 Å². The van der Waals surface area contributed by atoms with Gasteiger partial charge >= 0.3 is 0 Å². The van der Waals surface area contributed by atoms with Crippen molar-refractivity contribution in [2.24, 2.45) is 0 Å². The minimum atomic E-state index is 0.0975. The van der Waals surface area contributed by atoms with Gasteiger partial charge in [0.15, 0.2) is 0 Å². The summed E-state index contributed by atoms with van der Waals surface area (Å²) < 4.78 is 0. The van der Waals surface area contributed by atoms with Gasteiger partial charge in [0, 0.05) is 19.1 Å². The summed E-state index contributed by atoms with van der Waals surface area (Å²) in [5.74, 6) is 0.282. The van der Waals surface area contributed by atoms with Crippen molar-refractivity contribution in [1.29, 1.82) is 0 Å². The standard InChI is InChI=1S/C11H20N2O/c1-3-11(6-4-7-11)12-9-5-8-13(2)10(9)14/h9,12H,3-8H2,1-2H3. The maximum atomic E-state index is 11.7. The zero-order valence-corrected chi connectivity index (χ0v) is 9.18. The van der Waals surface area contributed by atoms with E-state index in [0.29, 0.717) is 5.54 Å². The van der Waals surface area contributed by atoms with Crippen LogP contribution in [0.3, 0.4) is 0 Å². The molecule has 1 aliphatic carbocycles. The van der Waals surface area contributed by atoms with Crippen LogP contribution >= 0.6 is 0 Å². The van der Waals surface area contributed by atoms with E-state index in [4.69, 9.17) is 0 Å². The molecule has 2 rings (SSSR count). The first-order chi connectivity index (χ1) is 6.67. The number of hydrogen-bond donors (Lipinski definition) is 1. The minimum Gasteiger partial charge on any atom is -0.344 e. The Morgan fingerprint density at radius 3 is 2.64 bits per heavy atom. The van der Waals surface area contributed by atoms with E-state index in [2.05, 4.69) is 12.2 Å². The summed E-state index contributed by atoms with van der Waals surface area (Å²) in [5, 5.41) is 3.57. The predicted octanol–water partition coefficient (Wildman–Crippen LogP) is 1.14. The highest BCUT2D eigenvalue weighted by atomic mass is 16.2. The average Bonchev–Trinajstić information content (AvgIpc) is 2.42. The van der Waals surface area contributed by atoms with Gasteiger partial charge in [0.25, 0.3) is 0 Å². The van der Waals surface area contributed by atoms with Crippen molar-refractivity contribution in [3.63, 3.8) is 0 Å². The molecular weight excluding hydrogens is 176 g/mol.